The minimum Gasteiger partial charge on any atom is -0.462 e. The van der Waals surface area contributed by atoms with Gasteiger partial charge in [0.1, 0.15) is 6.61 Å². The summed E-state index contributed by atoms with van der Waals surface area (Å²) in [4.78, 5) is 25.5. The molecule has 0 saturated carbocycles. The van der Waals surface area contributed by atoms with Crippen LogP contribution in [0.3, 0.4) is 0 Å². The smallest absolute Gasteiger partial charge is 0.306 e. The summed E-state index contributed by atoms with van der Waals surface area (Å²) >= 11 is 0. The van der Waals surface area contributed by atoms with E-state index in [1.54, 1.807) is 0 Å². The number of carbonyl (C=O) groups is 2. The monoisotopic (exact) mass is 953 g/mol. The molecule has 5 heteroatoms. The van der Waals surface area contributed by atoms with E-state index in [9.17, 15) is 9.59 Å². The van der Waals surface area contributed by atoms with E-state index in [-0.39, 0.29) is 25.2 Å². The highest BCUT2D eigenvalue weighted by molar-refractivity contribution is 5.70. The third kappa shape index (κ3) is 56.4. The van der Waals surface area contributed by atoms with E-state index >= 15 is 0 Å². The minimum atomic E-state index is -0.544. The Balaban J connectivity index is 4.24. The van der Waals surface area contributed by atoms with Crippen LogP contribution >= 0.6 is 0 Å². The maximum Gasteiger partial charge on any atom is 0.306 e. The molecule has 0 aliphatic heterocycles. The molecular weight excluding hydrogens is 837 g/mol. The number of allylic oxidation sites excluding steroid dienone is 8. The van der Waals surface area contributed by atoms with Crippen LogP contribution in [0, 0.1) is 0 Å². The summed E-state index contributed by atoms with van der Waals surface area (Å²) in [5.41, 5.74) is 0. The molecular formula is C63H116O5. The predicted octanol–water partition coefficient (Wildman–Crippen LogP) is 20.7. The average molecular weight is 954 g/mol. The first kappa shape index (κ1) is 65.9. The molecule has 0 N–H and O–H groups in total. The molecule has 0 saturated heterocycles. The molecule has 0 aliphatic carbocycles. The third-order valence-corrected chi connectivity index (χ3v) is 13.3. The van der Waals surface area contributed by atoms with Crippen molar-refractivity contribution in [2.75, 3.05) is 19.8 Å². The number of esters is 2. The van der Waals surface area contributed by atoms with Crippen LogP contribution in [0.15, 0.2) is 48.6 Å². The normalized spacial score (nSPS) is 12.5. The van der Waals surface area contributed by atoms with Crippen molar-refractivity contribution < 1.29 is 23.8 Å². The van der Waals surface area contributed by atoms with Gasteiger partial charge in [0.2, 0.25) is 0 Å². The van der Waals surface area contributed by atoms with Gasteiger partial charge in [0.15, 0.2) is 6.10 Å². The van der Waals surface area contributed by atoms with E-state index in [1.807, 2.05) is 0 Å². The van der Waals surface area contributed by atoms with Gasteiger partial charge in [0.05, 0.1) is 6.61 Å². The molecule has 0 spiro atoms. The van der Waals surface area contributed by atoms with Gasteiger partial charge >= 0.3 is 11.9 Å². The Morgan fingerprint density at radius 2 is 0.662 bits per heavy atom. The Kier molecular flexibility index (Phi) is 57.3. The molecule has 68 heavy (non-hydrogen) atoms. The Labute approximate surface area is 424 Å². The summed E-state index contributed by atoms with van der Waals surface area (Å²) in [7, 11) is 0. The van der Waals surface area contributed by atoms with Crippen molar-refractivity contribution in [3.05, 3.63) is 48.6 Å². The zero-order chi connectivity index (χ0) is 49.2. The summed E-state index contributed by atoms with van der Waals surface area (Å²) in [5, 5.41) is 0. The van der Waals surface area contributed by atoms with Crippen molar-refractivity contribution in [3.8, 4) is 0 Å². The van der Waals surface area contributed by atoms with Crippen molar-refractivity contribution >= 4 is 11.9 Å². The van der Waals surface area contributed by atoms with Gasteiger partial charge in [-0.3, -0.25) is 9.59 Å². The highest BCUT2D eigenvalue weighted by Gasteiger charge is 2.17. The topological polar surface area (TPSA) is 61.8 Å². The maximum absolute atomic E-state index is 12.9. The summed E-state index contributed by atoms with van der Waals surface area (Å²) in [6.07, 6.45) is 74.3. The second kappa shape index (κ2) is 59.2. The number of rotatable bonds is 56. The summed E-state index contributed by atoms with van der Waals surface area (Å²) in [5.74, 6) is -0.402. The Hall–Kier alpha value is -2.14. The molecule has 0 rings (SSSR count). The number of hydrogen-bond acceptors (Lipinski definition) is 5. The lowest BCUT2D eigenvalue weighted by Crippen LogP contribution is -2.30. The van der Waals surface area contributed by atoms with Gasteiger partial charge in [-0.05, 0) is 77.0 Å². The summed E-state index contributed by atoms with van der Waals surface area (Å²) < 4.78 is 17.5. The zero-order valence-corrected chi connectivity index (χ0v) is 45.9. The Morgan fingerprint density at radius 1 is 0.338 bits per heavy atom. The molecule has 0 aromatic heterocycles. The van der Waals surface area contributed by atoms with Crippen LogP contribution in [-0.4, -0.2) is 37.9 Å². The van der Waals surface area contributed by atoms with Crippen molar-refractivity contribution in [3.63, 3.8) is 0 Å². The van der Waals surface area contributed by atoms with Crippen LogP contribution in [0.2, 0.25) is 0 Å². The van der Waals surface area contributed by atoms with E-state index in [4.69, 9.17) is 14.2 Å². The number of ether oxygens (including phenoxy) is 3. The van der Waals surface area contributed by atoms with Crippen LogP contribution in [0.25, 0.3) is 0 Å². The number of unbranched alkanes of at least 4 members (excludes halogenated alkanes) is 37. The van der Waals surface area contributed by atoms with Crippen molar-refractivity contribution in [1.82, 2.24) is 0 Å². The van der Waals surface area contributed by atoms with Gasteiger partial charge in [-0.1, -0.05) is 275 Å². The first-order valence-corrected chi connectivity index (χ1v) is 30.2. The second-order valence-corrected chi connectivity index (χ2v) is 20.2. The molecule has 398 valence electrons. The van der Waals surface area contributed by atoms with Gasteiger partial charge in [-0.15, -0.1) is 0 Å². The van der Waals surface area contributed by atoms with Crippen molar-refractivity contribution in [2.45, 2.75) is 322 Å². The summed E-state index contributed by atoms with van der Waals surface area (Å²) in [6, 6.07) is 0. The number of carbonyl (C=O) groups excluding carboxylic acids is 2. The van der Waals surface area contributed by atoms with Crippen LogP contribution in [0.4, 0.5) is 0 Å². The second-order valence-electron chi connectivity index (χ2n) is 20.2. The fourth-order valence-electron chi connectivity index (χ4n) is 8.88. The molecule has 0 heterocycles. The lowest BCUT2D eigenvalue weighted by Gasteiger charge is -2.18. The van der Waals surface area contributed by atoms with Gasteiger partial charge < -0.3 is 14.2 Å². The van der Waals surface area contributed by atoms with Crippen molar-refractivity contribution in [2.24, 2.45) is 0 Å². The van der Waals surface area contributed by atoms with E-state index < -0.39 is 6.10 Å². The fraction of sp³-hybridized carbons (Fsp3) is 0.841. The molecule has 0 fully saturated rings. The Morgan fingerprint density at radius 3 is 1.07 bits per heavy atom. The molecule has 0 radical (unpaired) electrons. The highest BCUT2D eigenvalue weighted by atomic mass is 16.6. The lowest BCUT2D eigenvalue weighted by atomic mass is 10.0. The first-order valence-electron chi connectivity index (χ1n) is 30.2. The van der Waals surface area contributed by atoms with Crippen LogP contribution < -0.4 is 0 Å². The fourth-order valence-corrected chi connectivity index (χ4v) is 8.88. The van der Waals surface area contributed by atoms with Crippen molar-refractivity contribution in [1.29, 1.82) is 0 Å². The Bertz CT molecular complexity index is 1120. The SMILES string of the molecule is CC/C=C\C/C=C\C/C=C\CCCCCCCC(=O)OC(COCCCCCCCCCCCCCCCCCCCC)COC(=O)CCCCCCCCCCC/C=C\CCCCCCCC. The van der Waals surface area contributed by atoms with E-state index in [1.165, 1.54) is 218 Å². The number of hydrogen-bond donors (Lipinski definition) is 0. The largest absolute Gasteiger partial charge is 0.462 e. The van der Waals surface area contributed by atoms with E-state index in [2.05, 4.69) is 69.4 Å². The van der Waals surface area contributed by atoms with Crippen LogP contribution in [0.1, 0.15) is 316 Å². The minimum absolute atomic E-state index is 0.0812. The predicted molar refractivity (Wildman–Crippen MR) is 298 cm³/mol. The molecule has 0 aliphatic rings. The molecule has 1 unspecified atom stereocenters. The molecule has 0 aromatic carbocycles. The maximum atomic E-state index is 12.9. The van der Waals surface area contributed by atoms with Crippen LogP contribution in [0.5, 0.6) is 0 Å². The van der Waals surface area contributed by atoms with Gasteiger partial charge in [-0.2, -0.15) is 0 Å². The molecule has 0 aromatic rings. The molecule has 0 amide bonds. The van der Waals surface area contributed by atoms with E-state index in [0.717, 1.165) is 64.2 Å². The quantitative estimate of drug-likeness (QED) is 0.0345. The molecule has 0 bridgehead atoms. The third-order valence-electron chi connectivity index (χ3n) is 13.3. The molecule has 5 nitrogen and oxygen atoms in total. The van der Waals surface area contributed by atoms with Gasteiger partial charge in [0.25, 0.3) is 0 Å². The first-order chi connectivity index (χ1) is 33.6. The van der Waals surface area contributed by atoms with E-state index in [0.29, 0.717) is 19.4 Å². The van der Waals surface area contributed by atoms with Gasteiger partial charge in [0, 0.05) is 19.4 Å². The van der Waals surface area contributed by atoms with Gasteiger partial charge in [-0.25, -0.2) is 0 Å². The zero-order valence-electron chi connectivity index (χ0n) is 45.9. The van der Waals surface area contributed by atoms with Crippen LogP contribution in [-0.2, 0) is 23.8 Å². The molecule has 1 atom stereocenters. The average Bonchev–Trinajstić information content (AvgIpc) is 3.34. The summed E-state index contributed by atoms with van der Waals surface area (Å²) in [6.45, 7) is 7.76. The highest BCUT2D eigenvalue weighted by Crippen LogP contribution is 2.17. The lowest BCUT2D eigenvalue weighted by molar-refractivity contribution is -0.163. The standard InChI is InChI=1S/C63H116O5/c1-4-7-10-13-16-19-22-25-28-30-32-33-36-38-41-44-47-50-53-56-62(64)67-60-61(68-63(65)57-54-51-48-45-42-39-35-27-24-21-18-15-12-9-6-3)59-66-58-55-52-49-46-43-40-37-34-31-29-26-23-20-17-14-11-8-5-2/h9,12,18,21,25,27-28,35,61H,4-8,10-11,13-17,19-20,22-24,26,29-34,36-60H2,1-3H3/b12-9-,21-18-,28-25-,35-27-.